The first-order chi connectivity index (χ1) is 6.81. The van der Waals surface area contributed by atoms with Gasteiger partial charge in [-0.3, -0.25) is 0 Å². The van der Waals surface area contributed by atoms with E-state index in [9.17, 15) is 0 Å². The molecule has 0 unspecified atom stereocenters. The Morgan fingerprint density at radius 3 is 3.00 bits per heavy atom. The van der Waals surface area contributed by atoms with E-state index in [-0.39, 0.29) is 0 Å². The Bertz CT molecular complexity index is 420. The molecule has 4 nitrogen and oxygen atoms in total. The van der Waals surface area contributed by atoms with E-state index in [0.717, 1.165) is 22.6 Å². The van der Waals surface area contributed by atoms with Gasteiger partial charge in [0.1, 0.15) is 5.82 Å². The van der Waals surface area contributed by atoms with Gasteiger partial charge in [0.05, 0.1) is 5.69 Å². The fourth-order valence-corrected chi connectivity index (χ4v) is 1.37. The molecule has 0 aliphatic carbocycles. The molecule has 2 aromatic heterocycles. The molecule has 0 saturated carbocycles. The average molecular weight is 188 g/mol. The Morgan fingerprint density at radius 1 is 1.50 bits per heavy atom. The molecule has 4 heteroatoms. The Morgan fingerprint density at radius 2 is 2.36 bits per heavy atom. The standard InChI is InChI=1S/C10H12N4/c1-7-13-6-9(4-11)10(14-7)8-2-3-12-5-8/h2-3,5-6,12H,4,11H2,1H3. The monoisotopic (exact) mass is 188 g/mol. The average Bonchev–Trinajstić information content (AvgIpc) is 2.70. The van der Waals surface area contributed by atoms with Crippen molar-refractivity contribution in [3.8, 4) is 11.3 Å². The highest BCUT2D eigenvalue weighted by Crippen LogP contribution is 2.19. The molecule has 14 heavy (non-hydrogen) atoms. The molecule has 0 saturated heterocycles. The van der Waals surface area contributed by atoms with Crippen LogP contribution in [0.1, 0.15) is 11.4 Å². The summed E-state index contributed by atoms with van der Waals surface area (Å²) in [7, 11) is 0. The third-order valence-electron chi connectivity index (χ3n) is 2.08. The first kappa shape index (κ1) is 8.90. The minimum atomic E-state index is 0.459. The summed E-state index contributed by atoms with van der Waals surface area (Å²) in [4.78, 5) is 11.5. The summed E-state index contributed by atoms with van der Waals surface area (Å²) in [5, 5.41) is 0. The van der Waals surface area contributed by atoms with E-state index < -0.39 is 0 Å². The Hall–Kier alpha value is -1.68. The Kier molecular flexibility index (Phi) is 2.28. The van der Waals surface area contributed by atoms with Gasteiger partial charge in [-0.15, -0.1) is 0 Å². The van der Waals surface area contributed by atoms with Crippen LogP contribution in [0.4, 0.5) is 0 Å². The van der Waals surface area contributed by atoms with E-state index in [1.54, 1.807) is 6.20 Å². The van der Waals surface area contributed by atoms with Crippen molar-refractivity contribution in [3.63, 3.8) is 0 Å². The molecule has 0 fully saturated rings. The summed E-state index contributed by atoms with van der Waals surface area (Å²) < 4.78 is 0. The van der Waals surface area contributed by atoms with Gasteiger partial charge in [0.25, 0.3) is 0 Å². The third-order valence-corrected chi connectivity index (χ3v) is 2.08. The van der Waals surface area contributed by atoms with Gasteiger partial charge in [-0.1, -0.05) is 0 Å². The van der Waals surface area contributed by atoms with Crippen LogP contribution in [0.2, 0.25) is 0 Å². The number of hydrogen-bond acceptors (Lipinski definition) is 3. The molecule has 0 radical (unpaired) electrons. The summed E-state index contributed by atoms with van der Waals surface area (Å²) in [6.45, 7) is 2.33. The van der Waals surface area contributed by atoms with E-state index in [2.05, 4.69) is 15.0 Å². The van der Waals surface area contributed by atoms with Gasteiger partial charge in [0.2, 0.25) is 0 Å². The number of aryl methyl sites for hydroxylation is 1. The zero-order chi connectivity index (χ0) is 9.97. The van der Waals surface area contributed by atoms with Crippen molar-refractivity contribution in [1.82, 2.24) is 15.0 Å². The number of nitrogens with one attached hydrogen (secondary N) is 1. The van der Waals surface area contributed by atoms with E-state index in [4.69, 9.17) is 5.73 Å². The maximum atomic E-state index is 5.62. The zero-order valence-electron chi connectivity index (χ0n) is 7.99. The smallest absolute Gasteiger partial charge is 0.125 e. The maximum Gasteiger partial charge on any atom is 0.125 e. The fraction of sp³-hybridized carbons (Fsp3) is 0.200. The lowest BCUT2D eigenvalue weighted by Crippen LogP contribution is -2.03. The first-order valence-corrected chi connectivity index (χ1v) is 4.47. The van der Waals surface area contributed by atoms with E-state index in [1.165, 1.54) is 0 Å². The van der Waals surface area contributed by atoms with E-state index in [0.29, 0.717) is 6.54 Å². The van der Waals surface area contributed by atoms with Gasteiger partial charge in [0, 0.05) is 36.3 Å². The number of hydrogen-bond donors (Lipinski definition) is 2. The van der Waals surface area contributed by atoms with Gasteiger partial charge in [-0.25, -0.2) is 9.97 Å². The second-order valence-corrected chi connectivity index (χ2v) is 3.09. The van der Waals surface area contributed by atoms with Gasteiger partial charge >= 0.3 is 0 Å². The molecule has 0 aromatic carbocycles. The fourth-order valence-electron chi connectivity index (χ4n) is 1.37. The highest BCUT2D eigenvalue weighted by atomic mass is 14.9. The SMILES string of the molecule is Cc1ncc(CN)c(-c2cc[nH]c2)n1. The molecular weight excluding hydrogens is 176 g/mol. The van der Waals surface area contributed by atoms with Crippen LogP contribution in [-0.2, 0) is 6.54 Å². The lowest BCUT2D eigenvalue weighted by molar-refractivity contribution is 0.975. The van der Waals surface area contributed by atoms with Crippen molar-refractivity contribution in [3.05, 3.63) is 36.0 Å². The second-order valence-electron chi connectivity index (χ2n) is 3.09. The summed E-state index contributed by atoms with van der Waals surface area (Å²) in [5.41, 5.74) is 8.55. The minimum absolute atomic E-state index is 0.459. The van der Waals surface area contributed by atoms with Gasteiger partial charge in [0.15, 0.2) is 0 Å². The molecule has 72 valence electrons. The number of aromatic amines is 1. The Balaban J connectivity index is 2.55. The van der Waals surface area contributed by atoms with Crippen molar-refractivity contribution >= 4 is 0 Å². The van der Waals surface area contributed by atoms with E-state index in [1.807, 2.05) is 25.4 Å². The predicted molar refractivity (Wildman–Crippen MR) is 54.4 cm³/mol. The van der Waals surface area contributed by atoms with Crippen LogP contribution in [0.25, 0.3) is 11.3 Å². The van der Waals surface area contributed by atoms with Crippen LogP contribution >= 0.6 is 0 Å². The molecule has 2 rings (SSSR count). The second kappa shape index (κ2) is 3.59. The molecule has 2 heterocycles. The van der Waals surface area contributed by atoms with Crippen molar-refractivity contribution in [2.24, 2.45) is 5.73 Å². The minimum Gasteiger partial charge on any atom is -0.367 e. The number of H-pyrrole nitrogens is 1. The Labute approximate surface area is 82.2 Å². The van der Waals surface area contributed by atoms with Crippen LogP contribution in [0.5, 0.6) is 0 Å². The van der Waals surface area contributed by atoms with Crippen LogP contribution in [0.3, 0.4) is 0 Å². The van der Waals surface area contributed by atoms with Crippen LogP contribution in [-0.4, -0.2) is 15.0 Å². The molecule has 0 spiro atoms. The predicted octanol–water partition coefficient (Wildman–Crippen LogP) is 1.24. The molecule has 0 aliphatic rings. The summed E-state index contributed by atoms with van der Waals surface area (Å²) in [6.07, 6.45) is 5.55. The lowest BCUT2D eigenvalue weighted by atomic mass is 10.1. The quantitative estimate of drug-likeness (QED) is 0.745. The van der Waals surface area contributed by atoms with Crippen molar-refractivity contribution in [2.75, 3.05) is 0 Å². The van der Waals surface area contributed by atoms with Gasteiger partial charge < -0.3 is 10.7 Å². The number of nitrogens with two attached hydrogens (primary N) is 1. The lowest BCUT2D eigenvalue weighted by Gasteiger charge is -2.04. The number of rotatable bonds is 2. The number of nitrogens with zero attached hydrogens (tertiary/aromatic N) is 2. The third kappa shape index (κ3) is 1.52. The molecule has 3 N–H and O–H groups in total. The molecule has 0 bridgehead atoms. The van der Waals surface area contributed by atoms with Crippen LogP contribution in [0.15, 0.2) is 24.7 Å². The molecule has 0 atom stereocenters. The summed E-state index contributed by atoms with van der Waals surface area (Å²) in [6, 6.07) is 1.97. The summed E-state index contributed by atoms with van der Waals surface area (Å²) >= 11 is 0. The van der Waals surface area contributed by atoms with Crippen molar-refractivity contribution < 1.29 is 0 Å². The molecule has 0 aliphatic heterocycles. The topological polar surface area (TPSA) is 67.6 Å². The molecular formula is C10H12N4. The highest BCUT2D eigenvalue weighted by Gasteiger charge is 2.06. The van der Waals surface area contributed by atoms with Crippen molar-refractivity contribution in [2.45, 2.75) is 13.5 Å². The maximum absolute atomic E-state index is 5.62. The normalized spacial score (nSPS) is 10.4. The highest BCUT2D eigenvalue weighted by molar-refractivity contribution is 5.61. The molecule has 0 amide bonds. The molecule has 2 aromatic rings. The summed E-state index contributed by atoms with van der Waals surface area (Å²) in [5.74, 6) is 0.762. The zero-order valence-corrected chi connectivity index (χ0v) is 7.99. The van der Waals surface area contributed by atoms with E-state index >= 15 is 0 Å². The van der Waals surface area contributed by atoms with Crippen molar-refractivity contribution in [1.29, 1.82) is 0 Å². The van der Waals surface area contributed by atoms with Gasteiger partial charge in [-0.05, 0) is 13.0 Å². The first-order valence-electron chi connectivity index (χ1n) is 4.47. The van der Waals surface area contributed by atoms with Gasteiger partial charge in [-0.2, -0.15) is 0 Å². The number of aromatic nitrogens is 3. The van der Waals surface area contributed by atoms with Crippen LogP contribution < -0.4 is 5.73 Å². The largest absolute Gasteiger partial charge is 0.367 e. The van der Waals surface area contributed by atoms with Crippen LogP contribution in [0, 0.1) is 6.92 Å².